The van der Waals surface area contributed by atoms with E-state index in [4.69, 9.17) is 14.5 Å². The molecule has 2 aliphatic rings. The first-order valence-corrected chi connectivity index (χ1v) is 12.5. The van der Waals surface area contributed by atoms with Gasteiger partial charge in [-0.05, 0) is 37.1 Å². The van der Waals surface area contributed by atoms with Gasteiger partial charge in [0.1, 0.15) is 11.9 Å². The molecule has 2 fully saturated rings. The molecule has 0 spiro atoms. The summed E-state index contributed by atoms with van der Waals surface area (Å²) in [5, 5.41) is 0.701. The summed E-state index contributed by atoms with van der Waals surface area (Å²) >= 11 is 1.59. The van der Waals surface area contributed by atoms with Gasteiger partial charge >= 0.3 is 0 Å². The van der Waals surface area contributed by atoms with Gasteiger partial charge in [0.15, 0.2) is 0 Å². The Labute approximate surface area is 203 Å². The van der Waals surface area contributed by atoms with Crippen molar-refractivity contribution in [2.45, 2.75) is 39.2 Å². The quantitative estimate of drug-likeness (QED) is 0.544. The topological polar surface area (TPSA) is 72.0 Å². The molecule has 2 saturated heterocycles. The summed E-state index contributed by atoms with van der Waals surface area (Å²) in [6, 6.07) is 11.6. The van der Waals surface area contributed by atoms with E-state index in [9.17, 15) is 9.59 Å². The number of amides is 2. The van der Waals surface area contributed by atoms with Crippen LogP contribution in [0.2, 0.25) is 0 Å². The summed E-state index contributed by atoms with van der Waals surface area (Å²) in [4.78, 5) is 34.1. The normalized spacial score (nSPS) is 19.1. The number of aromatic nitrogens is 1. The minimum Gasteiger partial charge on any atom is -0.497 e. The van der Waals surface area contributed by atoms with Gasteiger partial charge in [0.05, 0.1) is 23.2 Å². The van der Waals surface area contributed by atoms with E-state index in [0.29, 0.717) is 30.6 Å². The fraction of sp³-hybridized carbons (Fsp3) is 0.423. The van der Waals surface area contributed by atoms with E-state index in [1.807, 2.05) is 29.2 Å². The van der Waals surface area contributed by atoms with Gasteiger partial charge in [-0.15, -0.1) is 0 Å². The number of carbonyl (C=O) groups is 2. The molecule has 34 heavy (non-hydrogen) atoms. The molecule has 3 heterocycles. The van der Waals surface area contributed by atoms with Crippen molar-refractivity contribution < 1.29 is 19.1 Å². The molecule has 0 saturated carbocycles. The second-order valence-corrected chi connectivity index (χ2v) is 10.1. The molecule has 0 N–H and O–H groups in total. The number of ether oxygens (including phenoxy) is 2. The number of nitrogens with zero attached hydrogens (tertiary/aromatic N) is 3. The Kier molecular flexibility index (Phi) is 6.16. The molecule has 1 unspecified atom stereocenters. The van der Waals surface area contributed by atoms with Gasteiger partial charge in [-0.25, -0.2) is 4.98 Å². The number of piperidine rings is 1. The van der Waals surface area contributed by atoms with Crippen molar-refractivity contribution >= 4 is 39.1 Å². The zero-order chi connectivity index (χ0) is 23.8. The number of carbonyl (C=O) groups excluding carboxylic acids is 2. The molecule has 1 aromatic heterocycles. The predicted molar refractivity (Wildman–Crippen MR) is 133 cm³/mol. The van der Waals surface area contributed by atoms with E-state index in [2.05, 4.69) is 26.0 Å². The molecular weight excluding hydrogens is 450 g/mol. The fourth-order valence-corrected chi connectivity index (χ4v) is 5.81. The summed E-state index contributed by atoms with van der Waals surface area (Å²) in [7, 11) is 1.60. The van der Waals surface area contributed by atoms with Crippen LogP contribution in [0.15, 0.2) is 36.4 Å². The van der Waals surface area contributed by atoms with Crippen LogP contribution in [0.25, 0.3) is 10.2 Å². The van der Waals surface area contributed by atoms with Crippen molar-refractivity contribution in [3.05, 3.63) is 47.5 Å². The van der Waals surface area contributed by atoms with E-state index in [0.717, 1.165) is 29.6 Å². The van der Waals surface area contributed by atoms with E-state index < -0.39 is 0 Å². The molecule has 7 nitrogen and oxygen atoms in total. The molecule has 2 amide bonds. The number of hydrogen-bond acceptors (Lipinski definition) is 6. The number of hydrogen-bond donors (Lipinski definition) is 0. The first-order chi connectivity index (χ1) is 16.4. The fourth-order valence-electron chi connectivity index (χ4n) is 4.79. The molecule has 2 aliphatic heterocycles. The van der Waals surface area contributed by atoms with Crippen molar-refractivity contribution in [2.75, 3.05) is 31.6 Å². The highest BCUT2D eigenvalue weighted by atomic mass is 32.1. The molecule has 8 heteroatoms. The van der Waals surface area contributed by atoms with Crippen LogP contribution < -0.4 is 14.4 Å². The van der Waals surface area contributed by atoms with Gasteiger partial charge in [-0.2, -0.15) is 0 Å². The summed E-state index contributed by atoms with van der Waals surface area (Å²) in [6.07, 6.45) is 1.82. The van der Waals surface area contributed by atoms with Gasteiger partial charge in [-0.1, -0.05) is 29.5 Å². The van der Waals surface area contributed by atoms with E-state index in [1.165, 1.54) is 10.3 Å². The Morgan fingerprint density at radius 3 is 2.62 bits per heavy atom. The van der Waals surface area contributed by atoms with Gasteiger partial charge in [-0.3, -0.25) is 9.59 Å². The van der Waals surface area contributed by atoms with Crippen molar-refractivity contribution in [1.82, 2.24) is 9.88 Å². The smallest absolute Gasteiger partial charge is 0.274 e. The van der Waals surface area contributed by atoms with E-state index in [1.54, 1.807) is 23.3 Å². The molecule has 1 atom stereocenters. The zero-order valence-corrected chi connectivity index (χ0v) is 20.6. The molecule has 0 bridgehead atoms. The van der Waals surface area contributed by atoms with Crippen molar-refractivity contribution in [3.8, 4) is 10.9 Å². The SMILES string of the molecule is COc1cccc(N2CC(C(=O)N3CCC(Oc4nc5c(C)ccc(C)c5s4)CC3)CC2=O)c1. The third kappa shape index (κ3) is 4.34. The van der Waals surface area contributed by atoms with E-state index >= 15 is 0 Å². The molecule has 0 radical (unpaired) electrons. The molecule has 5 rings (SSSR count). The molecular formula is C26H29N3O4S. The lowest BCUT2D eigenvalue weighted by molar-refractivity contribution is -0.137. The lowest BCUT2D eigenvalue weighted by Gasteiger charge is -2.33. The zero-order valence-electron chi connectivity index (χ0n) is 19.7. The van der Waals surface area contributed by atoms with Gasteiger partial charge in [0.25, 0.3) is 5.19 Å². The summed E-state index contributed by atoms with van der Waals surface area (Å²) in [5.74, 6) is 0.418. The number of benzene rings is 2. The van der Waals surface area contributed by atoms with Gasteiger partial charge in [0.2, 0.25) is 11.8 Å². The Morgan fingerprint density at radius 1 is 1.12 bits per heavy atom. The molecule has 2 aromatic carbocycles. The highest BCUT2D eigenvalue weighted by molar-refractivity contribution is 7.20. The maximum atomic E-state index is 13.2. The first-order valence-electron chi connectivity index (χ1n) is 11.7. The lowest BCUT2D eigenvalue weighted by Crippen LogP contribution is -2.44. The third-order valence-corrected chi connectivity index (χ3v) is 7.86. The molecule has 178 valence electrons. The first kappa shape index (κ1) is 22.7. The maximum Gasteiger partial charge on any atom is 0.274 e. The number of fused-ring (bicyclic) bond motifs is 1. The maximum absolute atomic E-state index is 13.2. The molecule has 0 aliphatic carbocycles. The summed E-state index contributed by atoms with van der Waals surface area (Å²) < 4.78 is 12.7. The average Bonchev–Trinajstić information content (AvgIpc) is 3.46. The Bertz CT molecular complexity index is 1190. The minimum absolute atomic E-state index is 0.0220. The number of likely N-dealkylation sites (tertiary alicyclic amines) is 1. The lowest BCUT2D eigenvalue weighted by atomic mass is 10.0. The number of rotatable bonds is 5. The number of methoxy groups -OCH3 is 1. The second kappa shape index (κ2) is 9.25. The largest absolute Gasteiger partial charge is 0.497 e. The van der Waals surface area contributed by atoms with Crippen molar-refractivity contribution in [3.63, 3.8) is 0 Å². The van der Waals surface area contributed by atoms with Crippen molar-refractivity contribution in [1.29, 1.82) is 0 Å². The summed E-state index contributed by atoms with van der Waals surface area (Å²) in [6.45, 7) is 5.84. The highest BCUT2D eigenvalue weighted by Gasteiger charge is 2.38. The standard InChI is InChI=1S/C26H29N3O4S/c1-16-7-8-17(2)24-23(16)27-26(34-24)33-20-9-11-28(12-10-20)25(31)18-13-22(30)29(15-18)19-5-4-6-21(14-19)32-3/h4-8,14,18,20H,9-13,15H2,1-3H3. The highest BCUT2D eigenvalue weighted by Crippen LogP contribution is 2.34. The molecule has 3 aromatic rings. The number of aryl methyl sites for hydroxylation is 2. The third-order valence-electron chi connectivity index (χ3n) is 6.78. The minimum atomic E-state index is -0.314. The Morgan fingerprint density at radius 2 is 1.88 bits per heavy atom. The van der Waals surface area contributed by atoms with Crippen LogP contribution in [-0.4, -0.2) is 54.5 Å². The Balaban J connectivity index is 1.18. The Hall–Kier alpha value is -3.13. The number of anilines is 1. The van der Waals surface area contributed by atoms with Crippen LogP contribution in [0, 0.1) is 19.8 Å². The van der Waals surface area contributed by atoms with Crippen molar-refractivity contribution in [2.24, 2.45) is 5.92 Å². The van der Waals surface area contributed by atoms with Gasteiger partial charge < -0.3 is 19.3 Å². The monoisotopic (exact) mass is 479 g/mol. The van der Waals surface area contributed by atoms with Crippen LogP contribution in [0.1, 0.15) is 30.4 Å². The van der Waals surface area contributed by atoms with Crippen LogP contribution in [0.5, 0.6) is 10.9 Å². The second-order valence-electron chi connectivity index (χ2n) is 9.11. The predicted octanol–water partition coefficient (Wildman–Crippen LogP) is 4.34. The van der Waals surface area contributed by atoms with Crippen LogP contribution in [0.3, 0.4) is 0 Å². The van der Waals surface area contributed by atoms with E-state index in [-0.39, 0.29) is 30.3 Å². The summed E-state index contributed by atoms with van der Waals surface area (Å²) in [5.41, 5.74) is 4.15. The van der Waals surface area contributed by atoms with Gasteiger partial charge in [0, 0.05) is 50.7 Å². The average molecular weight is 480 g/mol. The van der Waals surface area contributed by atoms with Crippen LogP contribution in [-0.2, 0) is 9.59 Å². The van der Waals surface area contributed by atoms with Crippen LogP contribution in [0.4, 0.5) is 5.69 Å². The van der Waals surface area contributed by atoms with Crippen LogP contribution >= 0.6 is 11.3 Å². The number of thiazole rings is 1.